The standard InChI is InChI=1S/C29H38Cl2N2O4/c1-4-17-37-25-14-9-22(18-26(25)36-3)28(29(35)32-24-12-5-20(2)6-13-24)33(27(34)19-30)16-15-21-7-10-23(31)11-8-21/h7-11,14,18,20,24,28H,4-6,12-13,15-17,19H2,1-3H3,(H,32,35)/t20?,24?,28-/m1/s1. The molecule has 1 fully saturated rings. The summed E-state index contributed by atoms with van der Waals surface area (Å²) in [5.41, 5.74) is 1.66. The molecule has 202 valence electrons. The van der Waals surface area contributed by atoms with Gasteiger partial charge in [-0.2, -0.15) is 0 Å². The zero-order valence-corrected chi connectivity index (χ0v) is 23.5. The lowest BCUT2D eigenvalue weighted by atomic mass is 9.87. The largest absolute Gasteiger partial charge is 0.493 e. The zero-order chi connectivity index (χ0) is 26.8. The summed E-state index contributed by atoms with van der Waals surface area (Å²) in [5.74, 6) is 1.05. The van der Waals surface area contributed by atoms with Gasteiger partial charge in [-0.05, 0) is 79.8 Å². The Labute approximate surface area is 230 Å². The molecule has 3 rings (SSSR count). The van der Waals surface area contributed by atoms with Crippen LogP contribution in [0.25, 0.3) is 0 Å². The summed E-state index contributed by atoms with van der Waals surface area (Å²) in [6, 6.07) is 12.1. The van der Waals surface area contributed by atoms with Crippen molar-refractivity contribution in [2.24, 2.45) is 5.92 Å². The van der Waals surface area contributed by atoms with E-state index in [1.165, 1.54) is 0 Å². The fraction of sp³-hybridized carbons (Fsp3) is 0.517. The molecule has 37 heavy (non-hydrogen) atoms. The summed E-state index contributed by atoms with van der Waals surface area (Å²) < 4.78 is 11.4. The second-order valence-corrected chi connectivity index (χ2v) is 10.4. The number of ether oxygens (including phenoxy) is 2. The summed E-state index contributed by atoms with van der Waals surface area (Å²) in [5, 5.41) is 3.87. The number of amides is 2. The summed E-state index contributed by atoms with van der Waals surface area (Å²) >= 11 is 12.1. The van der Waals surface area contributed by atoms with Crippen LogP contribution in [0.1, 0.15) is 63.1 Å². The van der Waals surface area contributed by atoms with Crippen LogP contribution in [-0.2, 0) is 16.0 Å². The van der Waals surface area contributed by atoms with Crippen molar-refractivity contribution in [2.75, 3.05) is 26.1 Å². The van der Waals surface area contributed by atoms with Crippen molar-refractivity contribution in [3.63, 3.8) is 0 Å². The van der Waals surface area contributed by atoms with Crippen LogP contribution in [0.3, 0.4) is 0 Å². The Hall–Kier alpha value is -2.44. The quantitative estimate of drug-likeness (QED) is 0.321. The van der Waals surface area contributed by atoms with E-state index in [4.69, 9.17) is 32.7 Å². The molecule has 0 spiro atoms. The van der Waals surface area contributed by atoms with Gasteiger partial charge in [0.05, 0.1) is 13.7 Å². The number of carbonyl (C=O) groups is 2. The minimum Gasteiger partial charge on any atom is -0.493 e. The van der Waals surface area contributed by atoms with E-state index in [9.17, 15) is 9.59 Å². The van der Waals surface area contributed by atoms with Gasteiger partial charge in [0.15, 0.2) is 11.5 Å². The monoisotopic (exact) mass is 548 g/mol. The first-order valence-electron chi connectivity index (χ1n) is 13.1. The third-order valence-electron chi connectivity index (χ3n) is 6.88. The van der Waals surface area contributed by atoms with Gasteiger partial charge >= 0.3 is 0 Å². The molecular formula is C29H38Cl2N2O4. The van der Waals surface area contributed by atoms with E-state index < -0.39 is 6.04 Å². The average Bonchev–Trinajstić information content (AvgIpc) is 2.91. The number of carbonyl (C=O) groups excluding carboxylic acids is 2. The first kappa shape index (κ1) is 29.1. The second kappa shape index (κ2) is 14.5. The van der Waals surface area contributed by atoms with Gasteiger partial charge in [-0.25, -0.2) is 0 Å². The topological polar surface area (TPSA) is 67.9 Å². The van der Waals surface area contributed by atoms with Crippen LogP contribution in [0.2, 0.25) is 5.02 Å². The molecule has 1 aliphatic carbocycles. The summed E-state index contributed by atoms with van der Waals surface area (Å²) in [6.45, 7) is 5.15. The summed E-state index contributed by atoms with van der Waals surface area (Å²) in [4.78, 5) is 28.5. The lowest BCUT2D eigenvalue weighted by Crippen LogP contribution is -2.48. The minimum absolute atomic E-state index is 0.0875. The number of nitrogens with zero attached hydrogens (tertiary/aromatic N) is 1. The molecule has 2 amide bonds. The molecule has 0 bridgehead atoms. The Bertz CT molecular complexity index is 1020. The maximum absolute atomic E-state index is 13.8. The van der Waals surface area contributed by atoms with Gasteiger partial charge in [0, 0.05) is 17.6 Å². The fourth-order valence-electron chi connectivity index (χ4n) is 4.72. The Kier molecular flexibility index (Phi) is 11.4. The third kappa shape index (κ3) is 8.27. The van der Waals surface area contributed by atoms with Crippen LogP contribution < -0.4 is 14.8 Å². The molecule has 0 radical (unpaired) electrons. The molecule has 0 aromatic heterocycles. The Morgan fingerprint density at radius 3 is 2.41 bits per heavy atom. The molecule has 0 saturated heterocycles. The molecular weight excluding hydrogens is 511 g/mol. The average molecular weight is 550 g/mol. The van der Waals surface area contributed by atoms with Crippen LogP contribution >= 0.6 is 23.2 Å². The van der Waals surface area contributed by atoms with E-state index in [2.05, 4.69) is 12.2 Å². The highest BCUT2D eigenvalue weighted by molar-refractivity contribution is 6.30. The predicted molar refractivity (Wildman–Crippen MR) is 149 cm³/mol. The molecule has 6 nitrogen and oxygen atoms in total. The number of methoxy groups -OCH3 is 1. The molecule has 2 aromatic rings. The van der Waals surface area contributed by atoms with E-state index in [-0.39, 0.29) is 23.7 Å². The van der Waals surface area contributed by atoms with Crippen molar-refractivity contribution in [2.45, 2.75) is 64.5 Å². The second-order valence-electron chi connectivity index (χ2n) is 9.72. The van der Waals surface area contributed by atoms with Crippen molar-refractivity contribution < 1.29 is 19.1 Å². The number of halogens is 2. The van der Waals surface area contributed by atoms with Crippen LogP contribution in [0.15, 0.2) is 42.5 Å². The third-order valence-corrected chi connectivity index (χ3v) is 7.36. The highest BCUT2D eigenvalue weighted by atomic mass is 35.5. The number of hydrogen-bond acceptors (Lipinski definition) is 4. The SMILES string of the molecule is CCCOc1ccc([C@H](C(=O)NC2CCC(C)CC2)N(CCc2ccc(Cl)cc2)C(=O)CCl)cc1OC. The number of nitrogens with one attached hydrogen (secondary N) is 1. The molecule has 1 aliphatic rings. The predicted octanol–water partition coefficient (Wildman–Crippen LogP) is 6.18. The minimum atomic E-state index is -0.855. The summed E-state index contributed by atoms with van der Waals surface area (Å²) in [6.07, 6.45) is 5.43. The first-order valence-corrected chi connectivity index (χ1v) is 14.0. The van der Waals surface area contributed by atoms with Crippen LogP contribution in [-0.4, -0.2) is 48.9 Å². The van der Waals surface area contributed by atoms with E-state index in [1.807, 2.05) is 37.3 Å². The maximum Gasteiger partial charge on any atom is 0.247 e. The highest BCUT2D eigenvalue weighted by Gasteiger charge is 2.33. The van der Waals surface area contributed by atoms with E-state index in [0.717, 1.165) is 37.7 Å². The normalized spacial score (nSPS) is 18.1. The van der Waals surface area contributed by atoms with Crippen LogP contribution in [0.5, 0.6) is 11.5 Å². The first-order chi connectivity index (χ1) is 17.9. The lowest BCUT2D eigenvalue weighted by molar-refractivity contribution is -0.139. The zero-order valence-electron chi connectivity index (χ0n) is 22.0. The molecule has 0 aliphatic heterocycles. The molecule has 1 saturated carbocycles. The number of benzene rings is 2. The lowest BCUT2D eigenvalue weighted by Gasteiger charge is -2.34. The molecule has 8 heteroatoms. The van der Waals surface area contributed by atoms with Crippen molar-refractivity contribution in [3.8, 4) is 11.5 Å². The van der Waals surface area contributed by atoms with Gasteiger partial charge in [-0.3, -0.25) is 9.59 Å². The fourth-order valence-corrected chi connectivity index (χ4v) is 5.00. The van der Waals surface area contributed by atoms with Crippen molar-refractivity contribution >= 4 is 35.0 Å². The molecule has 0 unspecified atom stereocenters. The Morgan fingerprint density at radius 2 is 1.78 bits per heavy atom. The number of hydrogen-bond donors (Lipinski definition) is 1. The van der Waals surface area contributed by atoms with Gasteiger partial charge in [-0.1, -0.05) is 43.6 Å². The van der Waals surface area contributed by atoms with Crippen molar-refractivity contribution in [3.05, 3.63) is 58.6 Å². The number of alkyl halides is 1. The van der Waals surface area contributed by atoms with E-state index in [0.29, 0.717) is 47.6 Å². The van der Waals surface area contributed by atoms with Crippen LogP contribution in [0, 0.1) is 5.92 Å². The molecule has 2 aromatic carbocycles. The van der Waals surface area contributed by atoms with Gasteiger partial charge in [0.1, 0.15) is 11.9 Å². The van der Waals surface area contributed by atoms with Gasteiger partial charge in [0.25, 0.3) is 0 Å². The Balaban J connectivity index is 1.93. The number of rotatable bonds is 12. The van der Waals surface area contributed by atoms with E-state index >= 15 is 0 Å². The van der Waals surface area contributed by atoms with E-state index in [1.54, 1.807) is 24.1 Å². The van der Waals surface area contributed by atoms with Crippen molar-refractivity contribution in [1.82, 2.24) is 10.2 Å². The van der Waals surface area contributed by atoms with Crippen molar-refractivity contribution in [1.29, 1.82) is 0 Å². The smallest absolute Gasteiger partial charge is 0.247 e. The summed E-state index contributed by atoms with van der Waals surface area (Å²) in [7, 11) is 1.57. The highest BCUT2D eigenvalue weighted by Crippen LogP contribution is 2.33. The molecule has 1 N–H and O–H groups in total. The van der Waals surface area contributed by atoms with Gasteiger partial charge in [-0.15, -0.1) is 11.6 Å². The van der Waals surface area contributed by atoms with Crippen LogP contribution in [0.4, 0.5) is 0 Å². The maximum atomic E-state index is 13.8. The van der Waals surface area contributed by atoms with Gasteiger partial charge < -0.3 is 19.7 Å². The van der Waals surface area contributed by atoms with Gasteiger partial charge in [0.2, 0.25) is 11.8 Å². The molecule has 1 atom stereocenters. The molecule has 0 heterocycles. The Morgan fingerprint density at radius 1 is 1.08 bits per heavy atom.